The van der Waals surface area contributed by atoms with E-state index in [1.807, 2.05) is 6.07 Å². The number of methoxy groups -OCH3 is 2. The summed E-state index contributed by atoms with van der Waals surface area (Å²) in [5, 5.41) is 14.5. The van der Waals surface area contributed by atoms with E-state index in [0.717, 1.165) is 6.33 Å². The number of ether oxygens (including phenoxy) is 3. The Labute approximate surface area is 182 Å². The summed E-state index contributed by atoms with van der Waals surface area (Å²) in [5.74, 6) is 0.563. The molecule has 32 heavy (non-hydrogen) atoms. The van der Waals surface area contributed by atoms with Gasteiger partial charge in [0, 0.05) is 6.07 Å². The third-order valence-corrected chi connectivity index (χ3v) is 4.10. The number of aromatic nitrogens is 2. The molecule has 0 unspecified atom stereocenters. The van der Waals surface area contributed by atoms with Crippen molar-refractivity contribution in [2.24, 2.45) is 0 Å². The number of nitrogens with zero attached hydrogens (tertiary/aromatic N) is 3. The molecule has 0 bridgehead atoms. The predicted octanol–water partition coefficient (Wildman–Crippen LogP) is 2.67. The fourth-order valence-electron chi connectivity index (χ4n) is 2.59. The predicted molar refractivity (Wildman–Crippen MR) is 115 cm³/mol. The molecule has 3 rings (SSSR count). The van der Waals surface area contributed by atoms with Gasteiger partial charge in [0.15, 0.2) is 6.61 Å². The molecule has 3 N–H and O–H groups in total. The monoisotopic (exact) mass is 440 g/mol. The zero-order chi connectivity index (χ0) is 22.9. The van der Waals surface area contributed by atoms with Crippen LogP contribution in [-0.2, 0) is 4.79 Å². The van der Waals surface area contributed by atoms with Crippen LogP contribution >= 0.6 is 0 Å². The molecule has 0 spiro atoms. The molecule has 166 valence electrons. The molecule has 0 saturated heterocycles. The van der Waals surface area contributed by atoms with Crippen LogP contribution < -0.4 is 30.4 Å². The number of carbonyl (C=O) groups is 1. The summed E-state index contributed by atoms with van der Waals surface area (Å²) in [7, 11) is 2.96. The maximum absolute atomic E-state index is 12.0. The Kier molecular flexibility index (Phi) is 7.20. The van der Waals surface area contributed by atoms with Crippen LogP contribution in [0.3, 0.4) is 0 Å². The lowest BCUT2D eigenvalue weighted by molar-refractivity contribution is -0.383. The second kappa shape index (κ2) is 10.4. The van der Waals surface area contributed by atoms with Crippen molar-refractivity contribution in [2.45, 2.75) is 0 Å². The van der Waals surface area contributed by atoms with Gasteiger partial charge in [-0.15, -0.1) is 0 Å². The van der Waals surface area contributed by atoms with Crippen molar-refractivity contribution in [1.82, 2.24) is 15.4 Å². The lowest BCUT2D eigenvalue weighted by Gasteiger charge is -2.13. The number of anilines is 3. The van der Waals surface area contributed by atoms with Crippen LogP contribution in [0.1, 0.15) is 0 Å². The fourth-order valence-corrected chi connectivity index (χ4v) is 2.59. The highest BCUT2D eigenvalue weighted by Gasteiger charge is 2.24. The SMILES string of the molecule is COc1ccc(Nc2ncnc(NNC(=O)COc3ccccc3)c2[N+](=O)[O-])c(OC)c1. The van der Waals surface area contributed by atoms with Crippen molar-refractivity contribution in [3.8, 4) is 17.2 Å². The van der Waals surface area contributed by atoms with E-state index in [0.29, 0.717) is 22.9 Å². The Morgan fingerprint density at radius 3 is 2.47 bits per heavy atom. The smallest absolute Gasteiger partial charge is 0.355 e. The first kappa shape index (κ1) is 22.1. The van der Waals surface area contributed by atoms with E-state index in [1.165, 1.54) is 14.2 Å². The summed E-state index contributed by atoms with van der Waals surface area (Å²) in [5.41, 5.74) is 4.70. The average Bonchev–Trinajstić information content (AvgIpc) is 2.82. The first-order valence-electron chi connectivity index (χ1n) is 9.23. The summed E-state index contributed by atoms with van der Waals surface area (Å²) in [6.07, 6.45) is 1.11. The number of benzene rings is 2. The first-order valence-corrected chi connectivity index (χ1v) is 9.23. The average molecular weight is 440 g/mol. The van der Waals surface area contributed by atoms with Gasteiger partial charge in [0.25, 0.3) is 5.91 Å². The molecule has 0 radical (unpaired) electrons. The number of nitrogens with one attached hydrogen (secondary N) is 3. The van der Waals surface area contributed by atoms with Crippen molar-refractivity contribution < 1.29 is 23.9 Å². The van der Waals surface area contributed by atoms with E-state index in [4.69, 9.17) is 14.2 Å². The van der Waals surface area contributed by atoms with Crippen molar-refractivity contribution in [1.29, 1.82) is 0 Å². The van der Waals surface area contributed by atoms with Gasteiger partial charge in [-0.1, -0.05) is 18.2 Å². The number of hydrazine groups is 1. The molecule has 12 heteroatoms. The number of rotatable bonds is 10. The van der Waals surface area contributed by atoms with Crippen molar-refractivity contribution in [2.75, 3.05) is 31.6 Å². The van der Waals surface area contributed by atoms with Gasteiger partial charge in [0.1, 0.15) is 23.6 Å². The topological polar surface area (TPSA) is 150 Å². The Morgan fingerprint density at radius 1 is 1.03 bits per heavy atom. The molecule has 0 saturated carbocycles. The molecular weight excluding hydrogens is 420 g/mol. The number of amides is 1. The number of hydrogen-bond donors (Lipinski definition) is 3. The van der Waals surface area contributed by atoms with Crippen LogP contribution in [0.25, 0.3) is 0 Å². The van der Waals surface area contributed by atoms with E-state index in [2.05, 4.69) is 26.1 Å². The van der Waals surface area contributed by atoms with Gasteiger partial charge >= 0.3 is 5.69 Å². The Balaban J connectivity index is 1.73. The summed E-state index contributed by atoms with van der Waals surface area (Å²) >= 11 is 0. The quantitative estimate of drug-likeness (QED) is 0.317. The molecule has 0 aliphatic heterocycles. The minimum atomic E-state index is -0.673. The highest BCUT2D eigenvalue weighted by atomic mass is 16.6. The second-order valence-corrected chi connectivity index (χ2v) is 6.14. The molecule has 0 aliphatic carbocycles. The highest BCUT2D eigenvalue weighted by Crippen LogP contribution is 2.35. The third kappa shape index (κ3) is 5.50. The highest BCUT2D eigenvalue weighted by molar-refractivity contribution is 5.81. The van der Waals surface area contributed by atoms with Gasteiger partial charge in [-0.05, 0) is 24.3 Å². The lowest BCUT2D eigenvalue weighted by atomic mass is 10.2. The number of nitro groups is 1. The standard InChI is InChI=1S/C20H20N6O6/c1-30-14-8-9-15(16(10-14)31-2)23-19-18(26(28)29)20(22-12-21-19)25-24-17(27)11-32-13-6-4-3-5-7-13/h3-10,12H,11H2,1-2H3,(H,24,27)(H2,21,22,23,25). The van der Waals surface area contributed by atoms with Crippen molar-refractivity contribution in [3.63, 3.8) is 0 Å². The van der Waals surface area contributed by atoms with Gasteiger partial charge < -0.3 is 19.5 Å². The minimum absolute atomic E-state index is 0.106. The summed E-state index contributed by atoms with van der Waals surface area (Å²) < 4.78 is 15.8. The Bertz CT molecular complexity index is 1100. The zero-order valence-electron chi connectivity index (χ0n) is 17.2. The van der Waals surface area contributed by atoms with E-state index < -0.39 is 16.5 Å². The molecule has 1 amide bonds. The largest absolute Gasteiger partial charge is 0.497 e. The zero-order valence-corrected chi connectivity index (χ0v) is 17.2. The van der Waals surface area contributed by atoms with Crippen LogP contribution in [0.5, 0.6) is 17.2 Å². The lowest BCUT2D eigenvalue weighted by Crippen LogP contribution is -2.34. The fraction of sp³-hybridized carbons (Fsp3) is 0.150. The molecule has 0 atom stereocenters. The summed E-state index contributed by atoms with van der Waals surface area (Å²) in [6.45, 7) is -0.302. The molecular formula is C20H20N6O6. The van der Waals surface area contributed by atoms with Gasteiger partial charge in [-0.2, -0.15) is 0 Å². The van der Waals surface area contributed by atoms with Gasteiger partial charge in [0.05, 0.1) is 24.8 Å². The molecule has 0 fully saturated rings. The van der Waals surface area contributed by atoms with Gasteiger partial charge in [-0.3, -0.25) is 25.8 Å². The molecule has 3 aromatic rings. The van der Waals surface area contributed by atoms with E-state index in [-0.39, 0.29) is 18.2 Å². The summed E-state index contributed by atoms with van der Waals surface area (Å²) in [6, 6.07) is 13.6. The Morgan fingerprint density at radius 2 is 1.78 bits per heavy atom. The van der Waals surface area contributed by atoms with Crippen LogP contribution in [0.4, 0.5) is 23.0 Å². The molecule has 1 heterocycles. The maximum atomic E-state index is 12.0. The number of hydrogen-bond acceptors (Lipinski definition) is 10. The molecule has 2 aromatic carbocycles. The summed E-state index contributed by atoms with van der Waals surface area (Å²) in [4.78, 5) is 30.9. The van der Waals surface area contributed by atoms with Crippen LogP contribution in [0.2, 0.25) is 0 Å². The van der Waals surface area contributed by atoms with Crippen LogP contribution in [0.15, 0.2) is 54.9 Å². The molecule has 12 nitrogen and oxygen atoms in total. The van der Waals surface area contributed by atoms with Crippen LogP contribution in [-0.4, -0.2) is 41.6 Å². The molecule has 1 aromatic heterocycles. The van der Waals surface area contributed by atoms with E-state index >= 15 is 0 Å². The normalized spacial score (nSPS) is 10.1. The first-order chi connectivity index (χ1) is 15.5. The van der Waals surface area contributed by atoms with Gasteiger partial charge in [-0.25, -0.2) is 9.97 Å². The second-order valence-electron chi connectivity index (χ2n) is 6.14. The van der Waals surface area contributed by atoms with E-state index in [1.54, 1.807) is 42.5 Å². The molecule has 0 aliphatic rings. The van der Waals surface area contributed by atoms with Crippen LogP contribution in [0, 0.1) is 10.1 Å². The maximum Gasteiger partial charge on any atom is 0.355 e. The van der Waals surface area contributed by atoms with E-state index in [9.17, 15) is 14.9 Å². The van der Waals surface area contributed by atoms with Crippen molar-refractivity contribution in [3.05, 3.63) is 65.0 Å². The minimum Gasteiger partial charge on any atom is -0.497 e. The number of carbonyl (C=O) groups excluding carboxylic acids is 1. The third-order valence-electron chi connectivity index (χ3n) is 4.10. The van der Waals surface area contributed by atoms with Crippen molar-refractivity contribution >= 4 is 28.9 Å². The Hall–Kier alpha value is -4.61. The number of para-hydroxylation sites is 1. The van der Waals surface area contributed by atoms with Gasteiger partial charge in [0.2, 0.25) is 11.6 Å².